The number of rotatable bonds is 4. The number of aryl methyl sites for hydroxylation is 1. The first-order chi connectivity index (χ1) is 9.61. The van der Waals surface area contributed by atoms with Crippen molar-refractivity contribution >= 4 is 5.91 Å². The summed E-state index contributed by atoms with van der Waals surface area (Å²) in [4.78, 5) is 12.1. The number of benzene rings is 2. The maximum Gasteiger partial charge on any atom is 0.251 e. The summed E-state index contributed by atoms with van der Waals surface area (Å²) in [7, 11) is 1.51. The first kappa shape index (κ1) is 14.1. The fraction of sp³-hybridized carbons (Fsp3) is 0.188. The molecular formula is C16H16FNO2. The summed E-state index contributed by atoms with van der Waals surface area (Å²) in [6.45, 7) is 2.09. The quantitative estimate of drug-likeness (QED) is 0.929. The van der Waals surface area contributed by atoms with Gasteiger partial charge in [0.25, 0.3) is 5.91 Å². The van der Waals surface area contributed by atoms with E-state index in [0.717, 1.165) is 5.56 Å². The highest BCUT2D eigenvalue weighted by atomic mass is 19.1. The molecule has 0 saturated heterocycles. The van der Waals surface area contributed by atoms with Crippen LogP contribution in [0.4, 0.5) is 4.39 Å². The Bertz CT molecular complexity index is 626. The number of carbonyl (C=O) groups excluding carboxylic acids is 1. The summed E-state index contributed by atoms with van der Waals surface area (Å²) >= 11 is 0. The minimum atomic E-state index is -0.356. The predicted molar refractivity (Wildman–Crippen MR) is 75.3 cm³/mol. The Morgan fingerprint density at radius 2 is 2.00 bits per heavy atom. The lowest BCUT2D eigenvalue weighted by molar-refractivity contribution is 0.0950. The molecule has 0 aliphatic rings. The molecule has 0 aliphatic heterocycles. The molecule has 4 heteroatoms. The summed E-state index contributed by atoms with van der Waals surface area (Å²) < 4.78 is 18.4. The van der Waals surface area contributed by atoms with E-state index in [-0.39, 0.29) is 18.3 Å². The Morgan fingerprint density at radius 3 is 2.70 bits per heavy atom. The van der Waals surface area contributed by atoms with Crippen LogP contribution < -0.4 is 10.1 Å². The van der Waals surface area contributed by atoms with E-state index in [9.17, 15) is 9.18 Å². The minimum Gasteiger partial charge on any atom is -0.496 e. The molecule has 0 radical (unpaired) electrons. The molecule has 0 aliphatic carbocycles. The van der Waals surface area contributed by atoms with Crippen molar-refractivity contribution < 1.29 is 13.9 Å². The van der Waals surface area contributed by atoms with Gasteiger partial charge in [-0.3, -0.25) is 4.79 Å². The van der Waals surface area contributed by atoms with Crippen LogP contribution in [0.3, 0.4) is 0 Å². The van der Waals surface area contributed by atoms with Gasteiger partial charge in [0.1, 0.15) is 11.6 Å². The predicted octanol–water partition coefficient (Wildman–Crippen LogP) is 3.07. The molecule has 0 aromatic heterocycles. The number of methoxy groups -OCH3 is 1. The maximum atomic E-state index is 13.2. The van der Waals surface area contributed by atoms with E-state index in [1.54, 1.807) is 12.1 Å². The first-order valence-corrected chi connectivity index (χ1v) is 6.28. The van der Waals surface area contributed by atoms with Gasteiger partial charge in [0.15, 0.2) is 0 Å². The highest BCUT2D eigenvalue weighted by Gasteiger charge is 2.10. The number of carbonyl (C=O) groups is 1. The van der Waals surface area contributed by atoms with Crippen LogP contribution in [-0.2, 0) is 6.54 Å². The van der Waals surface area contributed by atoms with E-state index in [0.29, 0.717) is 16.9 Å². The molecule has 0 heterocycles. The lowest BCUT2D eigenvalue weighted by Crippen LogP contribution is -2.23. The largest absolute Gasteiger partial charge is 0.496 e. The lowest BCUT2D eigenvalue weighted by atomic mass is 10.1. The monoisotopic (exact) mass is 273 g/mol. The number of nitrogens with one attached hydrogen (secondary N) is 1. The van der Waals surface area contributed by atoms with Crippen molar-refractivity contribution in [3.8, 4) is 5.75 Å². The average molecular weight is 273 g/mol. The fourth-order valence-corrected chi connectivity index (χ4v) is 1.98. The molecule has 0 saturated carbocycles. The number of hydrogen-bond donors (Lipinski definition) is 1. The average Bonchev–Trinajstić information content (AvgIpc) is 2.45. The van der Waals surface area contributed by atoms with E-state index in [2.05, 4.69) is 5.32 Å². The first-order valence-electron chi connectivity index (χ1n) is 6.28. The zero-order valence-electron chi connectivity index (χ0n) is 11.4. The molecule has 0 atom stereocenters. The Kier molecular flexibility index (Phi) is 4.35. The summed E-state index contributed by atoms with van der Waals surface area (Å²) in [5.41, 5.74) is 2.12. The number of amides is 1. The number of hydrogen-bond acceptors (Lipinski definition) is 2. The zero-order valence-corrected chi connectivity index (χ0v) is 11.4. The van der Waals surface area contributed by atoms with Crippen molar-refractivity contribution in [2.24, 2.45) is 0 Å². The van der Waals surface area contributed by atoms with Gasteiger partial charge in [-0.05, 0) is 36.8 Å². The lowest BCUT2D eigenvalue weighted by Gasteiger charge is -2.11. The van der Waals surface area contributed by atoms with Crippen molar-refractivity contribution in [2.75, 3.05) is 7.11 Å². The van der Waals surface area contributed by atoms with Gasteiger partial charge in [0, 0.05) is 17.7 Å². The second-order valence-electron chi connectivity index (χ2n) is 4.45. The molecule has 0 spiro atoms. The van der Waals surface area contributed by atoms with Crippen molar-refractivity contribution in [3.05, 3.63) is 65.0 Å². The van der Waals surface area contributed by atoms with Gasteiger partial charge in [0.05, 0.1) is 7.11 Å². The molecule has 0 bridgehead atoms. The molecule has 20 heavy (non-hydrogen) atoms. The maximum absolute atomic E-state index is 13.2. The third-order valence-electron chi connectivity index (χ3n) is 3.07. The zero-order chi connectivity index (χ0) is 14.5. The van der Waals surface area contributed by atoms with E-state index < -0.39 is 0 Å². The molecule has 104 valence electrons. The van der Waals surface area contributed by atoms with Crippen LogP contribution >= 0.6 is 0 Å². The Morgan fingerprint density at radius 1 is 1.25 bits per heavy atom. The van der Waals surface area contributed by atoms with Crippen molar-refractivity contribution in [2.45, 2.75) is 13.5 Å². The Balaban J connectivity index is 2.11. The van der Waals surface area contributed by atoms with E-state index in [4.69, 9.17) is 4.74 Å². The van der Waals surface area contributed by atoms with E-state index in [1.165, 1.54) is 19.2 Å². The van der Waals surface area contributed by atoms with Gasteiger partial charge in [-0.15, -0.1) is 0 Å². The summed E-state index contributed by atoms with van der Waals surface area (Å²) in [6.07, 6.45) is 0. The van der Waals surface area contributed by atoms with Gasteiger partial charge in [0.2, 0.25) is 0 Å². The fourth-order valence-electron chi connectivity index (χ4n) is 1.98. The van der Waals surface area contributed by atoms with Gasteiger partial charge in [-0.25, -0.2) is 4.39 Å². The van der Waals surface area contributed by atoms with Gasteiger partial charge >= 0.3 is 0 Å². The topological polar surface area (TPSA) is 38.3 Å². The van der Waals surface area contributed by atoms with Crippen molar-refractivity contribution in [1.29, 1.82) is 0 Å². The van der Waals surface area contributed by atoms with Crippen LogP contribution in [0, 0.1) is 12.7 Å². The van der Waals surface area contributed by atoms with Crippen LogP contribution in [-0.4, -0.2) is 13.0 Å². The molecular weight excluding hydrogens is 257 g/mol. The second-order valence-corrected chi connectivity index (χ2v) is 4.45. The van der Waals surface area contributed by atoms with E-state index in [1.807, 2.05) is 25.1 Å². The van der Waals surface area contributed by atoms with Crippen LogP contribution in [0.5, 0.6) is 5.75 Å². The molecule has 0 fully saturated rings. The summed E-state index contributed by atoms with van der Waals surface area (Å²) in [5, 5.41) is 2.77. The van der Waals surface area contributed by atoms with E-state index >= 15 is 0 Å². The Labute approximate surface area is 117 Å². The molecule has 2 rings (SSSR count). The van der Waals surface area contributed by atoms with Crippen LogP contribution in [0.2, 0.25) is 0 Å². The van der Waals surface area contributed by atoms with Crippen LogP contribution in [0.1, 0.15) is 21.5 Å². The van der Waals surface area contributed by atoms with Crippen molar-refractivity contribution in [3.63, 3.8) is 0 Å². The second kappa shape index (κ2) is 6.19. The highest BCUT2D eigenvalue weighted by molar-refractivity contribution is 5.95. The summed E-state index contributed by atoms with van der Waals surface area (Å²) in [6, 6.07) is 11.5. The van der Waals surface area contributed by atoms with Gasteiger partial charge in [-0.2, -0.15) is 0 Å². The van der Waals surface area contributed by atoms with Gasteiger partial charge < -0.3 is 10.1 Å². The smallest absolute Gasteiger partial charge is 0.251 e. The molecule has 0 unspecified atom stereocenters. The molecule has 1 N–H and O–H groups in total. The summed E-state index contributed by atoms with van der Waals surface area (Å²) in [5.74, 6) is 0.0110. The minimum absolute atomic E-state index is 0.186. The highest BCUT2D eigenvalue weighted by Crippen LogP contribution is 2.19. The molecule has 3 nitrogen and oxygen atoms in total. The molecule has 2 aromatic rings. The molecule has 1 amide bonds. The number of ether oxygens (including phenoxy) is 1. The van der Waals surface area contributed by atoms with Crippen LogP contribution in [0.25, 0.3) is 0 Å². The normalized spacial score (nSPS) is 10.2. The third kappa shape index (κ3) is 3.15. The van der Waals surface area contributed by atoms with Crippen LogP contribution in [0.15, 0.2) is 42.5 Å². The SMILES string of the molecule is COc1ccc(F)cc1CNC(=O)c1ccccc1C. The third-order valence-corrected chi connectivity index (χ3v) is 3.07. The van der Waals surface area contributed by atoms with Gasteiger partial charge in [-0.1, -0.05) is 18.2 Å². The van der Waals surface area contributed by atoms with Crippen molar-refractivity contribution in [1.82, 2.24) is 5.32 Å². The standard InChI is InChI=1S/C16H16FNO2/c1-11-5-3-4-6-14(11)16(19)18-10-12-9-13(17)7-8-15(12)20-2/h3-9H,10H2,1-2H3,(H,18,19). The Hall–Kier alpha value is -2.36. The molecule has 2 aromatic carbocycles. The number of halogens is 1.